The van der Waals surface area contributed by atoms with Gasteiger partial charge in [-0.3, -0.25) is 24.7 Å². The summed E-state index contributed by atoms with van der Waals surface area (Å²) in [6.07, 6.45) is 1.44. The van der Waals surface area contributed by atoms with Gasteiger partial charge in [0.15, 0.2) is 0 Å². The third kappa shape index (κ3) is 6.42. The molecule has 0 aromatic rings. The zero-order valence-electron chi connectivity index (χ0n) is 13.6. The van der Waals surface area contributed by atoms with E-state index in [4.69, 9.17) is 10.2 Å². The van der Waals surface area contributed by atoms with Gasteiger partial charge in [-0.15, -0.1) is 0 Å². The monoisotopic (exact) mass is 328 g/mol. The Morgan fingerprint density at radius 2 is 1.61 bits per heavy atom. The Morgan fingerprint density at radius 1 is 0.913 bits per heavy atom. The van der Waals surface area contributed by atoms with Gasteiger partial charge in [-0.25, -0.2) is 0 Å². The van der Waals surface area contributed by atoms with E-state index in [9.17, 15) is 9.59 Å². The van der Waals surface area contributed by atoms with Crippen LogP contribution in [0.15, 0.2) is 0 Å². The van der Waals surface area contributed by atoms with Crippen LogP contribution in [0.25, 0.3) is 0 Å². The van der Waals surface area contributed by atoms with Crippen LogP contribution in [0.5, 0.6) is 0 Å². The first-order chi connectivity index (χ1) is 11.0. The van der Waals surface area contributed by atoms with Gasteiger partial charge in [0.25, 0.3) is 0 Å². The van der Waals surface area contributed by atoms with Crippen molar-refractivity contribution >= 4 is 11.9 Å². The number of nitrogens with one attached hydrogen (secondary N) is 1. The van der Waals surface area contributed by atoms with Crippen molar-refractivity contribution in [3.8, 4) is 0 Å². The predicted octanol–water partition coefficient (Wildman–Crippen LogP) is -0.825. The summed E-state index contributed by atoms with van der Waals surface area (Å²) in [7, 11) is 0. The molecule has 0 aromatic heterocycles. The predicted molar refractivity (Wildman–Crippen MR) is 85.4 cm³/mol. The highest BCUT2D eigenvalue weighted by molar-refractivity contribution is 5.67. The zero-order chi connectivity index (χ0) is 16.7. The van der Waals surface area contributed by atoms with Gasteiger partial charge in [0, 0.05) is 58.8 Å². The number of piperazine rings is 2. The van der Waals surface area contributed by atoms with Crippen molar-refractivity contribution < 1.29 is 19.8 Å². The number of hydrogen-bond donors (Lipinski definition) is 3. The van der Waals surface area contributed by atoms with E-state index in [0.717, 1.165) is 52.4 Å². The average Bonchev–Trinajstić information content (AvgIpc) is 2.53. The van der Waals surface area contributed by atoms with Gasteiger partial charge in [-0.05, 0) is 13.0 Å². The smallest absolute Gasteiger partial charge is 0.304 e. The minimum absolute atomic E-state index is 0.198. The minimum Gasteiger partial charge on any atom is -0.481 e. The molecule has 2 rings (SSSR count). The fourth-order valence-corrected chi connectivity index (χ4v) is 3.24. The normalized spacial score (nSPS) is 24.6. The number of nitrogens with zero attached hydrogens (tertiary/aromatic N) is 3. The van der Waals surface area contributed by atoms with Gasteiger partial charge < -0.3 is 15.1 Å². The molecule has 3 N–H and O–H groups in total. The van der Waals surface area contributed by atoms with Crippen molar-refractivity contribution in [3.63, 3.8) is 0 Å². The van der Waals surface area contributed by atoms with E-state index in [1.165, 1.54) is 0 Å². The highest BCUT2D eigenvalue weighted by atomic mass is 16.4. The lowest BCUT2D eigenvalue weighted by atomic mass is 10.2. The second-order valence-corrected chi connectivity index (χ2v) is 6.29. The molecule has 2 aliphatic heterocycles. The maximum absolute atomic E-state index is 10.7. The van der Waals surface area contributed by atoms with E-state index in [-0.39, 0.29) is 12.8 Å². The van der Waals surface area contributed by atoms with E-state index < -0.39 is 11.9 Å². The number of carbonyl (C=O) groups is 2. The molecule has 0 aromatic carbocycles. The lowest BCUT2D eigenvalue weighted by Gasteiger charge is -2.43. The van der Waals surface area contributed by atoms with Gasteiger partial charge >= 0.3 is 11.9 Å². The summed E-state index contributed by atoms with van der Waals surface area (Å²) >= 11 is 0. The standard InChI is InChI=1S/C15H28N4O4/c20-14(21)2-1-5-17-8-10-19(11-9-17)13-12-18(7-4-16-13)6-3-15(22)23/h13,16H,1-12H2,(H,20,21)(H,22,23). The third-order valence-corrected chi connectivity index (χ3v) is 4.59. The Hall–Kier alpha value is -1.22. The van der Waals surface area contributed by atoms with Gasteiger partial charge in [0.1, 0.15) is 0 Å². The SMILES string of the molecule is O=C(O)CCCN1CCN(C2CN(CCC(=O)O)CCN2)CC1. The van der Waals surface area contributed by atoms with E-state index in [2.05, 4.69) is 20.0 Å². The molecular formula is C15H28N4O4. The molecule has 2 aliphatic rings. The lowest BCUT2D eigenvalue weighted by Crippen LogP contribution is -2.62. The first-order valence-corrected chi connectivity index (χ1v) is 8.40. The molecule has 2 heterocycles. The Labute approximate surface area is 137 Å². The number of hydrogen-bond acceptors (Lipinski definition) is 6. The summed E-state index contributed by atoms with van der Waals surface area (Å²) in [4.78, 5) is 28.2. The molecule has 0 aliphatic carbocycles. The van der Waals surface area contributed by atoms with Crippen molar-refractivity contribution in [3.05, 3.63) is 0 Å². The fourth-order valence-electron chi connectivity index (χ4n) is 3.24. The third-order valence-electron chi connectivity index (χ3n) is 4.59. The van der Waals surface area contributed by atoms with Crippen molar-refractivity contribution in [1.82, 2.24) is 20.0 Å². The van der Waals surface area contributed by atoms with Gasteiger partial charge in [-0.1, -0.05) is 0 Å². The molecule has 2 saturated heterocycles. The van der Waals surface area contributed by atoms with Crippen LogP contribution in [0.3, 0.4) is 0 Å². The Morgan fingerprint density at radius 3 is 2.26 bits per heavy atom. The minimum atomic E-state index is -0.741. The Bertz CT molecular complexity index is 399. The van der Waals surface area contributed by atoms with Crippen molar-refractivity contribution in [1.29, 1.82) is 0 Å². The lowest BCUT2D eigenvalue weighted by molar-refractivity contribution is -0.138. The molecule has 8 nitrogen and oxygen atoms in total. The van der Waals surface area contributed by atoms with E-state index in [1.807, 2.05) is 0 Å². The summed E-state index contributed by atoms with van der Waals surface area (Å²) in [5.41, 5.74) is 0. The molecule has 132 valence electrons. The van der Waals surface area contributed by atoms with Gasteiger partial charge in [0.2, 0.25) is 0 Å². The molecule has 1 atom stereocenters. The molecule has 1 unspecified atom stereocenters. The second-order valence-electron chi connectivity index (χ2n) is 6.29. The Kier molecular flexibility index (Phi) is 7.22. The van der Waals surface area contributed by atoms with Crippen molar-refractivity contribution in [2.45, 2.75) is 25.4 Å². The van der Waals surface area contributed by atoms with Crippen LogP contribution < -0.4 is 5.32 Å². The summed E-state index contributed by atoms with van der Waals surface area (Å²) < 4.78 is 0. The van der Waals surface area contributed by atoms with Crippen LogP contribution in [-0.4, -0.2) is 102 Å². The summed E-state index contributed by atoms with van der Waals surface area (Å²) in [6.45, 7) is 7.99. The largest absolute Gasteiger partial charge is 0.481 e. The van der Waals surface area contributed by atoms with Crippen LogP contribution in [-0.2, 0) is 9.59 Å². The topological polar surface area (TPSA) is 96.4 Å². The number of carboxylic acids is 2. The first-order valence-electron chi connectivity index (χ1n) is 8.40. The Balaban J connectivity index is 1.67. The van der Waals surface area contributed by atoms with Gasteiger partial charge in [0.05, 0.1) is 12.6 Å². The maximum atomic E-state index is 10.7. The van der Waals surface area contributed by atoms with Crippen LogP contribution in [0, 0.1) is 0 Å². The summed E-state index contributed by atoms with van der Waals surface area (Å²) in [5, 5.41) is 21.0. The van der Waals surface area contributed by atoms with E-state index in [0.29, 0.717) is 19.1 Å². The summed E-state index contributed by atoms with van der Waals surface area (Å²) in [6, 6.07) is 0. The zero-order valence-corrected chi connectivity index (χ0v) is 13.6. The fraction of sp³-hybridized carbons (Fsp3) is 0.867. The highest BCUT2D eigenvalue weighted by Crippen LogP contribution is 2.10. The molecule has 0 bridgehead atoms. The molecule has 0 amide bonds. The molecule has 0 saturated carbocycles. The first kappa shape index (κ1) is 18.1. The van der Waals surface area contributed by atoms with Crippen molar-refractivity contribution in [2.75, 3.05) is 58.9 Å². The average molecular weight is 328 g/mol. The van der Waals surface area contributed by atoms with E-state index in [1.54, 1.807) is 0 Å². The number of aliphatic carboxylic acids is 2. The summed E-state index contributed by atoms with van der Waals surface area (Å²) in [5.74, 6) is -1.47. The van der Waals surface area contributed by atoms with Crippen LogP contribution in [0.4, 0.5) is 0 Å². The van der Waals surface area contributed by atoms with Crippen LogP contribution in [0.2, 0.25) is 0 Å². The molecular weight excluding hydrogens is 300 g/mol. The van der Waals surface area contributed by atoms with Gasteiger partial charge in [-0.2, -0.15) is 0 Å². The highest BCUT2D eigenvalue weighted by Gasteiger charge is 2.27. The molecule has 0 spiro atoms. The van der Waals surface area contributed by atoms with Crippen molar-refractivity contribution in [2.24, 2.45) is 0 Å². The quantitative estimate of drug-likeness (QED) is 0.532. The number of carboxylic acid groups (broad SMARTS) is 2. The van der Waals surface area contributed by atoms with Crippen LogP contribution in [0.1, 0.15) is 19.3 Å². The maximum Gasteiger partial charge on any atom is 0.304 e. The second kappa shape index (κ2) is 9.17. The molecule has 0 radical (unpaired) electrons. The molecule has 23 heavy (non-hydrogen) atoms. The van der Waals surface area contributed by atoms with Crippen LogP contribution >= 0.6 is 0 Å². The molecule has 2 fully saturated rings. The van der Waals surface area contributed by atoms with E-state index >= 15 is 0 Å². The number of rotatable bonds is 8. The molecule has 8 heteroatoms.